The van der Waals surface area contributed by atoms with Gasteiger partial charge in [-0.15, -0.1) is 0 Å². The highest BCUT2D eigenvalue weighted by molar-refractivity contribution is 5.68. The van der Waals surface area contributed by atoms with Gasteiger partial charge in [-0.1, -0.05) is 36.8 Å². The minimum absolute atomic E-state index is 0.112. The molecular formula is C20H32N2O2. The minimum Gasteiger partial charge on any atom is -0.444 e. The topological polar surface area (TPSA) is 41.6 Å². The second kappa shape index (κ2) is 8.52. The third-order valence-corrected chi connectivity index (χ3v) is 4.37. The van der Waals surface area contributed by atoms with Crippen molar-refractivity contribution in [2.24, 2.45) is 0 Å². The Labute approximate surface area is 146 Å². The SMILES string of the molecule is CC(CC1CCCCN1Cc1ccccc1)NC(=O)OC(C)(C)C. The molecule has 1 aliphatic heterocycles. The predicted octanol–water partition coefficient (Wildman–Crippen LogP) is 4.34. The lowest BCUT2D eigenvalue weighted by atomic mass is 9.95. The van der Waals surface area contributed by atoms with Gasteiger partial charge in [0.05, 0.1) is 0 Å². The van der Waals surface area contributed by atoms with Gasteiger partial charge >= 0.3 is 6.09 Å². The van der Waals surface area contributed by atoms with Crippen molar-refractivity contribution in [3.05, 3.63) is 35.9 Å². The maximum absolute atomic E-state index is 11.9. The Morgan fingerprint density at radius 2 is 2.00 bits per heavy atom. The molecular weight excluding hydrogens is 300 g/mol. The highest BCUT2D eigenvalue weighted by Gasteiger charge is 2.25. The van der Waals surface area contributed by atoms with Gasteiger partial charge in [0.25, 0.3) is 0 Å². The fraction of sp³-hybridized carbons (Fsp3) is 0.650. The Bertz CT molecular complexity index is 510. The Morgan fingerprint density at radius 3 is 2.67 bits per heavy atom. The van der Waals surface area contributed by atoms with Crippen LogP contribution in [-0.4, -0.2) is 35.2 Å². The molecule has 1 aromatic rings. The Morgan fingerprint density at radius 1 is 1.29 bits per heavy atom. The summed E-state index contributed by atoms with van der Waals surface area (Å²) in [6.45, 7) is 9.86. The summed E-state index contributed by atoms with van der Waals surface area (Å²) in [6, 6.07) is 11.3. The van der Waals surface area contributed by atoms with Gasteiger partial charge in [0.2, 0.25) is 0 Å². The molecule has 0 radical (unpaired) electrons. The molecule has 134 valence electrons. The van der Waals surface area contributed by atoms with Crippen molar-refractivity contribution >= 4 is 6.09 Å². The van der Waals surface area contributed by atoms with Crippen LogP contribution in [0.2, 0.25) is 0 Å². The van der Waals surface area contributed by atoms with Crippen LogP contribution >= 0.6 is 0 Å². The van der Waals surface area contributed by atoms with Crippen molar-refractivity contribution in [2.45, 2.75) is 77.6 Å². The Balaban J connectivity index is 1.87. The van der Waals surface area contributed by atoms with Crippen LogP contribution in [0.5, 0.6) is 0 Å². The van der Waals surface area contributed by atoms with Crippen molar-refractivity contribution in [1.29, 1.82) is 0 Å². The number of piperidine rings is 1. The van der Waals surface area contributed by atoms with E-state index >= 15 is 0 Å². The third-order valence-electron chi connectivity index (χ3n) is 4.37. The number of benzene rings is 1. The molecule has 1 aliphatic rings. The molecule has 1 N–H and O–H groups in total. The molecule has 1 fully saturated rings. The average Bonchev–Trinajstić information content (AvgIpc) is 2.48. The molecule has 0 saturated carbocycles. The van der Waals surface area contributed by atoms with Crippen LogP contribution in [0.1, 0.15) is 58.9 Å². The van der Waals surface area contributed by atoms with Crippen LogP contribution in [0.15, 0.2) is 30.3 Å². The summed E-state index contributed by atoms with van der Waals surface area (Å²) in [5, 5.41) is 2.98. The van der Waals surface area contributed by atoms with Gasteiger partial charge in [0.1, 0.15) is 5.60 Å². The van der Waals surface area contributed by atoms with E-state index in [0.29, 0.717) is 6.04 Å². The first-order valence-electron chi connectivity index (χ1n) is 9.11. The quantitative estimate of drug-likeness (QED) is 0.872. The summed E-state index contributed by atoms with van der Waals surface area (Å²) in [4.78, 5) is 14.5. The number of ether oxygens (including phenoxy) is 1. The van der Waals surface area contributed by atoms with Crippen molar-refractivity contribution in [2.75, 3.05) is 6.54 Å². The number of nitrogens with zero attached hydrogens (tertiary/aromatic N) is 1. The highest BCUT2D eigenvalue weighted by atomic mass is 16.6. The summed E-state index contributed by atoms with van der Waals surface area (Å²) in [6.07, 6.45) is 4.38. The van der Waals surface area contributed by atoms with E-state index in [0.717, 1.165) is 19.5 Å². The van der Waals surface area contributed by atoms with E-state index in [9.17, 15) is 4.79 Å². The first kappa shape index (κ1) is 18.8. The van der Waals surface area contributed by atoms with Crippen LogP contribution in [0.4, 0.5) is 4.79 Å². The van der Waals surface area contributed by atoms with E-state index < -0.39 is 5.60 Å². The molecule has 4 nitrogen and oxygen atoms in total. The molecule has 2 unspecified atom stereocenters. The van der Waals surface area contributed by atoms with Crippen molar-refractivity contribution in [1.82, 2.24) is 10.2 Å². The zero-order valence-electron chi connectivity index (χ0n) is 15.5. The molecule has 0 aromatic heterocycles. The number of carbonyl (C=O) groups excluding carboxylic acids is 1. The molecule has 4 heteroatoms. The average molecular weight is 332 g/mol. The summed E-state index contributed by atoms with van der Waals surface area (Å²) < 4.78 is 5.36. The van der Waals surface area contributed by atoms with E-state index in [1.807, 2.05) is 20.8 Å². The zero-order valence-corrected chi connectivity index (χ0v) is 15.5. The molecule has 1 heterocycles. The fourth-order valence-corrected chi connectivity index (χ4v) is 3.33. The van der Waals surface area contributed by atoms with E-state index in [4.69, 9.17) is 4.74 Å². The lowest BCUT2D eigenvalue weighted by molar-refractivity contribution is 0.0487. The van der Waals surface area contributed by atoms with Crippen LogP contribution in [0.25, 0.3) is 0 Å². The first-order chi connectivity index (χ1) is 11.3. The number of hydrogen-bond acceptors (Lipinski definition) is 3. The number of carbonyl (C=O) groups is 1. The summed E-state index contributed by atoms with van der Waals surface area (Å²) in [5.74, 6) is 0. The number of hydrogen-bond donors (Lipinski definition) is 1. The van der Waals surface area contributed by atoms with Gasteiger partial charge in [-0.25, -0.2) is 4.79 Å². The monoisotopic (exact) mass is 332 g/mol. The smallest absolute Gasteiger partial charge is 0.407 e. The molecule has 2 atom stereocenters. The van der Waals surface area contributed by atoms with Gasteiger partial charge < -0.3 is 10.1 Å². The molecule has 0 aliphatic carbocycles. The van der Waals surface area contributed by atoms with Gasteiger partial charge in [0, 0.05) is 18.6 Å². The summed E-state index contributed by atoms with van der Waals surface area (Å²) in [5.41, 5.74) is 0.908. The van der Waals surface area contributed by atoms with Gasteiger partial charge in [0.15, 0.2) is 0 Å². The largest absolute Gasteiger partial charge is 0.444 e. The molecule has 2 rings (SSSR count). The summed E-state index contributed by atoms with van der Waals surface area (Å²) >= 11 is 0. The van der Waals surface area contributed by atoms with Crippen molar-refractivity contribution < 1.29 is 9.53 Å². The van der Waals surface area contributed by atoms with E-state index in [-0.39, 0.29) is 12.1 Å². The van der Waals surface area contributed by atoms with Crippen molar-refractivity contribution in [3.8, 4) is 0 Å². The lowest BCUT2D eigenvalue weighted by Crippen LogP contribution is -2.45. The maximum Gasteiger partial charge on any atom is 0.407 e. The molecule has 24 heavy (non-hydrogen) atoms. The maximum atomic E-state index is 11.9. The third kappa shape index (κ3) is 6.52. The van der Waals surface area contributed by atoms with E-state index in [2.05, 4.69) is 47.5 Å². The van der Waals surface area contributed by atoms with E-state index in [1.165, 1.54) is 24.8 Å². The Kier molecular flexibility index (Phi) is 6.67. The standard InChI is InChI=1S/C20H32N2O2/c1-16(21-19(23)24-20(2,3)4)14-18-12-8-9-13-22(18)15-17-10-6-5-7-11-17/h5-7,10-11,16,18H,8-9,12-15H2,1-4H3,(H,21,23). The number of alkyl carbamates (subject to hydrolysis) is 1. The minimum atomic E-state index is -0.450. The highest BCUT2D eigenvalue weighted by Crippen LogP contribution is 2.23. The van der Waals surface area contributed by atoms with Gasteiger partial charge in [-0.05, 0) is 59.1 Å². The summed E-state index contributed by atoms with van der Waals surface area (Å²) in [7, 11) is 0. The van der Waals surface area contributed by atoms with Gasteiger partial charge in [-0.2, -0.15) is 0 Å². The number of rotatable bonds is 5. The van der Waals surface area contributed by atoms with Gasteiger partial charge in [-0.3, -0.25) is 4.90 Å². The second-order valence-electron chi connectivity index (χ2n) is 7.89. The first-order valence-corrected chi connectivity index (χ1v) is 9.11. The molecule has 0 bridgehead atoms. The molecule has 0 spiro atoms. The van der Waals surface area contributed by atoms with Crippen LogP contribution in [0, 0.1) is 0 Å². The second-order valence-corrected chi connectivity index (χ2v) is 7.89. The molecule has 1 saturated heterocycles. The van der Waals surface area contributed by atoms with E-state index in [1.54, 1.807) is 0 Å². The zero-order chi connectivity index (χ0) is 17.6. The Hall–Kier alpha value is -1.55. The number of likely N-dealkylation sites (tertiary alicyclic amines) is 1. The lowest BCUT2D eigenvalue weighted by Gasteiger charge is -2.37. The number of amides is 1. The number of nitrogens with one attached hydrogen (secondary N) is 1. The van der Waals surface area contributed by atoms with Crippen molar-refractivity contribution in [3.63, 3.8) is 0 Å². The van der Waals surface area contributed by atoms with Crippen LogP contribution in [0.3, 0.4) is 0 Å². The van der Waals surface area contributed by atoms with Crippen LogP contribution < -0.4 is 5.32 Å². The van der Waals surface area contributed by atoms with Crippen LogP contribution in [-0.2, 0) is 11.3 Å². The fourth-order valence-electron chi connectivity index (χ4n) is 3.33. The normalized spacial score (nSPS) is 20.4. The predicted molar refractivity (Wildman–Crippen MR) is 97.9 cm³/mol. The molecule has 1 amide bonds. The molecule has 1 aromatic carbocycles.